The largest absolute Gasteiger partial charge is 0.511 e. The molecule has 2 saturated heterocycles. The van der Waals surface area contributed by atoms with E-state index in [0.29, 0.717) is 56.0 Å². The zero-order valence-corrected chi connectivity index (χ0v) is 27.3. The second-order valence-corrected chi connectivity index (χ2v) is 14.1. The highest BCUT2D eigenvalue weighted by Gasteiger charge is 2.47. The lowest BCUT2D eigenvalue weighted by atomic mass is 9.64. The zero-order valence-electron chi connectivity index (χ0n) is 27.3. The van der Waals surface area contributed by atoms with Gasteiger partial charge in [0, 0.05) is 44.2 Å². The van der Waals surface area contributed by atoms with Crippen molar-refractivity contribution in [1.29, 1.82) is 5.41 Å². The summed E-state index contributed by atoms with van der Waals surface area (Å²) in [4.78, 5) is 41.4. The van der Waals surface area contributed by atoms with Crippen LogP contribution in [0.3, 0.4) is 0 Å². The van der Waals surface area contributed by atoms with Crippen LogP contribution in [-0.2, 0) is 9.53 Å². The van der Waals surface area contributed by atoms with Gasteiger partial charge in [-0.2, -0.15) is 4.98 Å². The van der Waals surface area contributed by atoms with Crippen LogP contribution in [0, 0.1) is 10.8 Å². The van der Waals surface area contributed by atoms with Crippen LogP contribution in [-0.4, -0.2) is 100.0 Å². The number of nitrogens with zero attached hydrogens (tertiary/aromatic N) is 5. The van der Waals surface area contributed by atoms with Crippen LogP contribution in [0.5, 0.6) is 5.88 Å². The van der Waals surface area contributed by atoms with Gasteiger partial charge >= 0.3 is 6.09 Å². The minimum absolute atomic E-state index is 0.0380. The van der Waals surface area contributed by atoms with E-state index in [9.17, 15) is 20.1 Å². The minimum Gasteiger partial charge on any atom is -0.511 e. The van der Waals surface area contributed by atoms with E-state index >= 15 is 0 Å². The monoisotopic (exact) mass is 610 g/mol. The number of allylic oxidation sites excluding steroid dienone is 2. The summed E-state index contributed by atoms with van der Waals surface area (Å²) < 4.78 is 12.0. The van der Waals surface area contributed by atoms with Crippen LogP contribution in [0.2, 0.25) is 0 Å². The standard InChI is InChI=1S/C33H50N6O5/c1-21(24-12-10-17-37(24)5)43-27-19-26(39-18-14-22(20-39)38(6)31(42)44-32(2,3)4)35-30(36-27)28(34)23-11-9-16-33(29(23)41)15-8-7-13-25(33)40/h19,21-22,24,34,41H,7-18,20H2,1-6H3/t21-,22?,24-,33+/m0/s1. The number of carbonyl (C=O) groups is 2. The van der Waals surface area contributed by atoms with E-state index in [2.05, 4.69) is 23.8 Å². The molecule has 1 aromatic heterocycles. The SMILES string of the molecule is C[C@H](Oc1cc(N2CCC(N(C)C(=O)OC(C)(C)C)C2)nc(C(=N)C2=C(O)[C@]3(CCCCC3=O)CCC2)n1)[C@@H]1CCCN1C. The predicted molar refractivity (Wildman–Crippen MR) is 169 cm³/mol. The van der Waals surface area contributed by atoms with Crippen molar-refractivity contribution in [2.24, 2.45) is 5.41 Å². The number of nitrogens with one attached hydrogen (secondary N) is 1. The van der Waals surface area contributed by atoms with Gasteiger partial charge in [-0.1, -0.05) is 6.42 Å². The Hall–Kier alpha value is -3.21. The molecule has 3 heterocycles. The molecule has 44 heavy (non-hydrogen) atoms. The molecule has 2 aliphatic carbocycles. The Morgan fingerprint density at radius 2 is 1.89 bits per heavy atom. The fraction of sp³-hybridized carbons (Fsp3) is 0.727. The van der Waals surface area contributed by atoms with Crippen molar-refractivity contribution in [3.63, 3.8) is 0 Å². The summed E-state index contributed by atoms with van der Waals surface area (Å²) in [5, 5.41) is 20.7. The maximum Gasteiger partial charge on any atom is 0.410 e. The average molecular weight is 611 g/mol. The third-order valence-corrected chi connectivity index (χ3v) is 9.92. The normalized spacial score (nSPS) is 27.1. The van der Waals surface area contributed by atoms with E-state index < -0.39 is 11.0 Å². The quantitative estimate of drug-likeness (QED) is 0.396. The lowest BCUT2D eigenvalue weighted by Crippen LogP contribution is -2.42. The molecule has 4 aliphatic rings. The molecule has 11 nitrogen and oxygen atoms in total. The number of aromatic nitrogens is 2. The molecule has 1 unspecified atom stereocenters. The highest BCUT2D eigenvalue weighted by Crippen LogP contribution is 2.48. The van der Waals surface area contributed by atoms with Gasteiger partial charge in [-0.3, -0.25) is 15.1 Å². The number of aliphatic hydroxyl groups excluding tert-OH is 1. The number of hydrogen-bond acceptors (Lipinski definition) is 10. The molecule has 2 aliphatic heterocycles. The van der Waals surface area contributed by atoms with Crippen LogP contribution in [0.4, 0.5) is 10.6 Å². The molecule has 0 bridgehead atoms. The summed E-state index contributed by atoms with van der Waals surface area (Å²) >= 11 is 0. The molecule has 11 heteroatoms. The summed E-state index contributed by atoms with van der Waals surface area (Å²) in [7, 11) is 3.87. The van der Waals surface area contributed by atoms with Gasteiger partial charge in [0.2, 0.25) is 5.88 Å². The first kappa shape index (κ1) is 32.2. The van der Waals surface area contributed by atoms with Gasteiger partial charge in [0.05, 0.1) is 11.5 Å². The summed E-state index contributed by atoms with van der Waals surface area (Å²) in [6.45, 7) is 9.85. The van der Waals surface area contributed by atoms with Crippen molar-refractivity contribution in [3.05, 3.63) is 23.2 Å². The zero-order chi connectivity index (χ0) is 31.8. The number of ether oxygens (including phenoxy) is 2. The number of Topliss-reactive ketones (excluding diaryl/α,β-unsaturated/α-hetero) is 1. The van der Waals surface area contributed by atoms with E-state index in [-0.39, 0.29) is 47.4 Å². The van der Waals surface area contributed by atoms with Crippen molar-refractivity contribution in [1.82, 2.24) is 19.8 Å². The number of ketones is 1. The first-order chi connectivity index (χ1) is 20.8. The molecule has 1 saturated carbocycles. The molecule has 3 fully saturated rings. The molecule has 2 N–H and O–H groups in total. The van der Waals surface area contributed by atoms with Gasteiger partial charge in [-0.15, -0.1) is 0 Å². The lowest BCUT2D eigenvalue weighted by molar-refractivity contribution is -0.131. The van der Waals surface area contributed by atoms with Crippen LogP contribution < -0.4 is 9.64 Å². The smallest absolute Gasteiger partial charge is 0.410 e. The van der Waals surface area contributed by atoms with Gasteiger partial charge in [0.1, 0.15) is 34.8 Å². The van der Waals surface area contributed by atoms with Crippen molar-refractivity contribution in [2.75, 3.05) is 38.6 Å². The number of amides is 1. The predicted octanol–water partition coefficient (Wildman–Crippen LogP) is 5.28. The van der Waals surface area contributed by atoms with Gasteiger partial charge in [0.15, 0.2) is 5.82 Å². The minimum atomic E-state index is -0.884. The molecule has 0 radical (unpaired) electrons. The number of carbonyl (C=O) groups excluding carboxylic acids is 2. The van der Waals surface area contributed by atoms with Gasteiger partial charge in [0.25, 0.3) is 0 Å². The molecular formula is C33H50N6O5. The topological polar surface area (TPSA) is 132 Å². The Bertz CT molecular complexity index is 1310. The number of rotatable bonds is 7. The Morgan fingerprint density at radius 1 is 1.14 bits per heavy atom. The molecule has 1 aromatic rings. The van der Waals surface area contributed by atoms with Gasteiger partial charge < -0.3 is 24.4 Å². The van der Waals surface area contributed by atoms with E-state index in [1.165, 1.54) is 0 Å². The summed E-state index contributed by atoms with van der Waals surface area (Å²) in [5.41, 5.74) is -0.964. The number of aliphatic hydroxyl groups is 1. The van der Waals surface area contributed by atoms with E-state index in [1.54, 1.807) is 11.9 Å². The number of anilines is 1. The Balaban J connectivity index is 1.44. The fourth-order valence-electron chi connectivity index (χ4n) is 7.37. The summed E-state index contributed by atoms with van der Waals surface area (Å²) in [6, 6.07) is 2.01. The number of likely N-dealkylation sites (tertiary alicyclic amines) is 1. The van der Waals surface area contributed by atoms with E-state index in [1.807, 2.05) is 26.8 Å². The van der Waals surface area contributed by atoms with E-state index in [0.717, 1.165) is 45.1 Å². The lowest BCUT2D eigenvalue weighted by Gasteiger charge is -2.39. The summed E-state index contributed by atoms with van der Waals surface area (Å²) in [5.74, 6) is 1.29. The maximum absolute atomic E-state index is 13.1. The third-order valence-electron chi connectivity index (χ3n) is 9.92. The first-order valence-electron chi connectivity index (χ1n) is 16.3. The van der Waals surface area contributed by atoms with Crippen LogP contribution in [0.1, 0.15) is 97.7 Å². The van der Waals surface area contributed by atoms with Crippen molar-refractivity contribution in [2.45, 2.75) is 116 Å². The van der Waals surface area contributed by atoms with Crippen LogP contribution in [0.15, 0.2) is 17.4 Å². The number of likely N-dealkylation sites (N-methyl/N-ethyl adjacent to an activating group) is 2. The van der Waals surface area contributed by atoms with Crippen molar-refractivity contribution < 1.29 is 24.2 Å². The van der Waals surface area contributed by atoms with Crippen molar-refractivity contribution >= 4 is 23.4 Å². The Labute approximate surface area is 261 Å². The molecule has 0 aromatic carbocycles. The van der Waals surface area contributed by atoms with Gasteiger partial charge in [-0.25, -0.2) is 9.78 Å². The second kappa shape index (κ2) is 12.7. The molecule has 4 atom stereocenters. The average Bonchev–Trinajstić information content (AvgIpc) is 3.64. The Morgan fingerprint density at radius 3 is 2.57 bits per heavy atom. The first-order valence-corrected chi connectivity index (χ1v) is 16.3. The van der Waals surface area contributed by atoms with Crippen LogP contribution in [0.25, 0.3) is 0 Å². The third kappa shape index (κ3) is 6.57. The number of hydrogen-bond donors (Lipinski definition) is 2. The highest BCUT2D eigenvalue weighted by atomic mass is 16.6. The molecule has 1 spiro atoms. The summed E-state index contributed by atoms with van der Waals surface area (Å²) in [6.07, 6.45) is 7.09. The molecule has 5 rings (SSSR count). The molecular weight excluding hydrogens is 560 g/mol. The molecule has 242 valence electrons. The molecule has 1 amide bonds. The van der Waals surface area contributed by atoms with Crippen molar-refractivity contribution in [3.8, 4) is 5.88 Å². The van der Waals surface area contributed by atoms with Crippen LogP contribution >= 0.6 is 0 Å². The highest BCUT2D eigenvalue weighted by molar-refractivity contribution is 6.09. The Kier molecular flexibility index (Phi) is 9.26. The maximum atomic E-state index is 13.1. The fourth-order valence-corrected chi connectivity index (χ4v) is 7.37. The van der Waals surface area contributed by atoms with Gasteiger partial charge in [-0.05, 0) is 92.7 Å². The second-order valence-electron chi connectivity index (χ2n) is 14.1. The van der Waals surface area contributed by atoms with E-state index in [4.69, 9.17) is 19.4 Å².